The van der Waals surface area contributed by atoms with E-state index in [4.69, 9.17) is 5.84 Å². The molecule has 2 heteroatoms. The van der Waals surface area contributed by atoms with E-state index >= 15 is 0 Å². The van der Waals surface area contributed by atoms with Crippen LogP contribution in [0, 0.1) is 5.41 Å². The van der Waals surface area contributed by atoms with Crippen LogP contribution in [0.1, 0.15) is 97.3 Å². The van der Waals surface area contributed by atoms with Gasteiger partial charge in [-0.05, 0) is 24.7 Å². The highest BCUT2D eigenvalue weighted by molar-refractivity contribution is 4.88. The van der Waals surface area contributed by atoms with Gasteiger partial charge in [-0.2, -0.15) is 0 Å². The molecule has 0 heterocycles. The van der Waals surface area contributed by atoms with Gasteiger partial charge in [0.25, 0.3) is 0 Å². The third-order valence-corrected chi connectivity index (χ3v) is 5.13. The van der Waals surface area contributed by atoms with Crippen LogP contribution in [0.3, 0.4) is 0 Å². The van der Waals surface area contributed by atoms with E-state index in [-0.39, 0.29) is 0 Å². The first kappa shape index (κ1) is 17.0. The smallest absolute Gasteiger partial charge is 0.0264 e. The summed E-state index contributed by atoms with van der Waals surface area (Å²) in [6, 6.07) is 0.531. The molecule has 0 saturated heterocycles. The first-order chi connectivity index (χ1) is 9.23. The summed E-state index contributed by atoms with van der Waals surface area (Å²) in [5, 5.41) is 0. The van der Waals surface area contributed by atoms with Crippen molar-refractivity contribution < 1.29 is 0 Å². The maximum Gasteiger partial charge on any atom is 0.0264 e. The minimum absolute atomic E-state index is 0.454. The van der Waals surface area contributed by atoms with E-state index in [1.165, 1.54) is 83.5 Å². The number of hydrazine groups is 1. The van der Waals surface area contributed by atoms with E-state index < -0.39 is 0 Å². The maximum absolute atomic E-state index is 5.82. The molecule has 0 aromatic carbocycles. The predicted molar refractivity (Wildman–Crippen MR) is 84.9 cm³/mol. The van der Waals surface area contributed by atoms with Crippen molar-refractivity contribution in [2.24, 2.45) is 11.3 Å². The number of nitrogens with one attached hydrogen (secondary N) is 1. The van der Waals surface area contributed by atoms with Crippen LogP contribution in [0.4, 0.5) is 0 Å². The van der Waals surface area contributed by atoms with Gasteiger partial charge in [0, 0.05) is 6.04 Å². The van der Waals surface area contributed by atoms with Crippen molar-refractivity contribution in [2.75, 3.05) is 0 Å². The lowest BCUT2D eigenvalue weighted by Gasteiger charge is -2.40. The average molecular weight is 268 g/mol. The quantitative estimate of drug-likeness (QED) is 0.335. The molecule has 0 aliphatic heterocycles. The van der Waals surface area contributed by atoms with Gasteiger partial charge in [0.05, 0.1) is 0 Å². The normalized spacial score (nSPS) is 20.4. The Morgan fingerprint density at radius 3 is 2.11 bits per heavy atom. The van der Waals surface area contributed by atoms with Gasteiger partial charge in [0.1, 0.15) is 0 Å². The molecule has 0 aromatic heterocycles. The lowest BCUT2D eigenvalue weighted by atomic mass is 9.69. The molecule has 0 aromatic rings. The highest BCUT2D eigenvalue weighted by atomic mass is 15.2. The summed E-state index contributed by atoms with van der Waals surface area (Å²) in [7, 11) is 0. The van der Waals surface area contributed by atoms with Crippen LogP contribution in [0.15, 0.2) is 0 Å². The second kappa shape index (κ2) is 9.77. The summed E-state index contributed by atoms with van der Waals surface area (Å²) in [6.07, 6.45) is 17.9. The molecule has 0 radical (unpaired) electrons. The molecule has 0 amide bonds. The zero-order chi connectivity index (χ0) is 14.0. The van der Waals surface area contributed by atoms with Crippen LogP contribution in [0.5, 0.6) is 0 Å². The molecule has 0 spiro atoms. The van der Waals surface area contributed by atoms with Gasteiger partial charge in [-0.1, -0.05) is 78.1 Å². The number of unbranched alkanes of at least 4 members (excludes halogenated alkanes) is 6. The van der Waals surface area contributed by atoms with Gasteiger partial charge < -0.3 is 0 Å². The highest BCUT2D eigenvalue weighted by Crippen LogP contribution is 2.40. The molecule has 3 N–H and O–H groups in total. The third kappa shape index (κ3) is 6.27. The number of hydrogen-bond acceptors (Lipinski definition) is 2. The van der Waals surface area contributed by atoms with Gasteiger partial charge >= 0.3 is 0 Å². The van der Waals surface area contributed by atoms with Gasteiger partial charge in [0.2, 0.25) is 0 Å². The van der Waals surface area contributed by atoms with Crippen LogP contribution in [-0.2, 0) is 0 Å². The molecule has 1 atom stereocenters. The fourth-order valence-corrected chi connectivity index (χ4v) is 3.65. The zero-order valence-corrected chi connectivity index (χ0v) is 13.3. The van der Waals surface area contributed by atoms with E-state index in [2.05, 4.69) is 19.3 Å². The molecular weight excluding hydrogens is 232 g/mol. The van der Waals surface area contributed by atoms with E-state index in [0.717, 1.165) is 0 Å². The summed E-state index contributed by atoms with van der Waals surface area (Å²) in [6.45, 7) is 4.72. The third-order valence-electron chi connectivity index (χ3n) is 5.13. The Kier molecular flexibility index (Phi) is 8.72. The fraction of sp³-hybridized carbons (Fsp3) is 1.00. The molecule has 1 aliphatic carbocycles. The minimum Gasteiger partial charge on any atom is -0.271 e. The van der Waals surface area contributed by atoms with Crippen molar-refractivity contribution in [1.29, 1.82) is 0 Å². The van der Waals surface area contributed by atoms with Crippen LogP contribution in [0.25, 0.3) is 0 Å². The van der Waals surface area contributed by atoms with E-state index in [0.29, 0.717) is 11.5 Å². The lowest BCUT2D eigenvalue weighted by Crippen LogP contribution is -2.48. The first-order valence-corrected chi connectivity index (χ1v) is 8.69. The summed E-state index contributed by atoms with van der Waals surface area (Å²) in [5.41, 5.74) is 3.58. The largest absolute Gasteiger partial charge is 0.271 e. The van der Waals surface area contributed by atoms with Crippen LogP contribution in [-0.4, -0.2) is 6.04 Å². The van der Waals surface area contributed by atoms with Crippen molar-refractivity contribution in [1.82, 2.24) is 5.43 Å². The van der Waals surface area contributed by atoms with Gasteiger partial charge in [0.15, 0.2) is 0 Å². The van der Waals surface area contributed by atoms with Crippen molar-refractivity contribution in [3.05, 3.63) is 0 Å². The van der Waals surface area contributed by atoms with Crippen LogP contribution < -0.4 is 11.3 Å². The maximum atomic E-state index is 5.82. The summed E-state index contributed by atoms with van der Waals surface area (Å²) >= 11 is 0. The average Bonchev–Trinajstić information content (AvgIpc) is 2.42. The van der Waals surface area contributed by atoms with E-state index in [1.807, 2.05) is 0 Å². The second-order valence-corrected chi connectivity index (χ2v) is 6.84. The van der Waals surface area contributed by atoms with Gasteiger partial charge in [-0.3, -0.25) is 11.3 Å². The summed E-state index contributed by atoms with van der Waals surface area (Å²) < 4.78 is 0. The first-order valence-electron chi connectivity index (χ1n) is 8.69. The molecule has 1 rings (SSSR count). The van der Waals surface area contributed by atoms with Crippen molar-refractivity contribution in [3.8, 4) is 0 Å². The SMILES string of the molecule is CCCCCCCCCC(NN)C1(C)CCCCC1. The monoisotopic (exact) mass is 268 g/mol. The van der Waals surface area contributed by atoms with E-state index in [9.17, 15) is 0 Å². The van der Waals surface area contributed by atoms with Crippen molar-refractivity contribution in [3.63, 3.8) is 0 Å². The molecule has 1 aliphatic rings. The van der Waals surface area contributed by atoms with Gasteiger partial charge in [-0.25, -0.2) is 0 Å². The zero-order valence-electron chi connectivity index (χ0n) is 13.3. The lowest BCUT2D eigenvalue weighted by molar-refractivity contribution is 0.135. The summed E-state index contributed by atoms with van der Waals surface area (Å²) in [5.74, 6) is 5.82. The fourth-order valence-electron chi connectivity index (χ4n) is 3.65. The number of rotatable bonds is 10. The molecule has 19 heavy (non-hydrogen) atoms. The van der Waals surface area contributed by atoms with Gasteiger partial charge in [-0.15, -0.1) is 0 Å². The Morgan fingerprint density at radius 1 is 0.947 bits per heavy atom. The minimum atomic E-state index is 0.454. The predicted octanol–water partition coefficient (Wildman–Crippen LogP) is 4.93. The molecule has 2 nitrogen and oxygen atoms in total. The summed E-state index contributed by atoms with van der Waals surface area (Å²) in [4.78, 5) is 0. The Hall–Kier alpha value is -0.0800. The molecule has 114 valence electrons. The Morgan fingerprint density at radius 2 is 1.53 bits per heavy atom. The van der Waals surface area contributed by atoms with Crippen molar-refractivity contribution in [2.45, 2.75) is 103 Å². The van der Waals surface area contributed by atoms with Crippen LogP contribution >= 0.6 is 0 Å². The molecule has 1 unspecified atom stereocenters. The van der Waals surface area contributed by atoms with Crippen LogP contribution in [0.2, 0.25) is 0 Å². The standard InChI is InChI=1S/C17H36N2/c1-3-4-5-6-7-8-10-13-16(19-18)17(2)14-11-9-12-15-17/h16,19H,3-15,18H2,1-2H3. The Labute approximate surface area is 120 Å². The molecule has 1 fully saturated rings. The Bertz CT molecular complexity index is 209. The molecule has 0 bridgehead atoms. The topological polar surface area (TPSA) is 38.0 Å². The van der Waals surface area contributed by atoms with Crippen molar-refractivity contribution >= 4 is 0 Å². The van der Waals surface area contributed by atoms with E-state index in [1.54, 1.807) is 0 Å². The molecule has 1 saturated carbocycles. The highest BCUT2D eigenvalue weighted by Gasteiger charge is 2.34. The molecular formula is C17H36N2. The number of nitrogens with two attached hydrogens (primary N) is 1. The number of hydrogen-bond donors (Lipinski definition) is 2. The Balaban J connectivity index is 2.14. The second-order valence-electron chi connectivity index (χ2n) is 6.84.